The highest BCUT2D eigenvalue weighted by molar-refractivity contribution is 5.75. The van der Waals surface area contributed by atoms with Crippen molar-refractivity contribution < 1.29 is 4.79 Å². The standard InChI is InChI=1S/C21H27N5O2/c27-20-8-7-19(17-9-11-22-12-10-17)24-26(20)15-16-13-25(14-16)21(28)23-18-5-3-1-2-4-6-18/h7-12,16,18H,1-6,13-15H2,(H,23,28). The number of urea groups is 1. The second-order valence-corrected chi connectivity index (χ2v) is 7.88. The van der Waals surface area contributed by atoms with Gasteiger partial charge < -0.3 is 10.2 Å². The van der Waals surface area contributed by atoms with Crippen molar-refractivity contribution in [1.29, 1.82) is 0 Å². The molecule has 1 saturated carbocycles. The molecule has 3 heterocycles. The first-order valence-electron chi connectivity index (χ1n) is 10.2. The van der Waals surface area contributed by atoms with Crippen LogP contribution in [0.1, 0.15) is 38.5 Å². The minimum Gasteiger partial charge on any atom is -0.335 e. The van der Waals surface area contributed by atoms with Crippen LogP contribution in [0.5, 0.6) is 0 Å². The number of rotatable bonds is 4. The Labute approximate surface area is 164 Å². The molecule has 0 unspecified atom stereocenters. The van der Waals surface area contributed by atoms with Gasteiger partial charge in [0.2, 0.25) is 0 Å². The summed E-state index contributed by atoms with van der Waals surface area (Å²) in [6.07, 6.45) is 10.6. The van der Waals surface area contributed by atoms with Crippen molar-refractivity contribution in [2.24, 2.45) is 5.92 Å². The molecule has 2 aromatic heterocycles. The summed E-state index contributed by atoms with van der Waals surface area (Å²) in [5.41, 5.74) is 1.57. The Kier molecular flexibility index (Phi) is 5.69. The molecule has 2 amide bonds. The van der Waals surface area contributed by atoms with Gasteiger partial charge in [0.25, 0.3) is 5.56 Å². The summed E-state index contributed by atoms with van der Waals surface area (Å²) >= 11 is 0. The lowest BCUT2D eigenvalue weighted by Crippen LogP contribution is -2.56. The quantitative estimate of drug-likeness (QED) is 0.826. The van der Waals surface area contributed by atoms with Crippen molar-refractivity contribution in [1.82, 2.24) is 25.0 Å². The van der Waals surface area contributed by atoms with Gasteiger partial charge in [-0.1, -0.05) is 25.7 Å². The van der Waals surface area contributed by atoms with Crippen LogP contribution in [0.4, 0.5) is 4.79 Å². The monoisotopic (exact) mass is 381 g/mol. The Morgan fingerprint density at radius 1 is 1.04 bits per heavy atom. The zero-order valence-electron chi connectivity index (χ0n) is 16.1. The average molecular weight is 381 g/mol. The van der Waals surface area contributed by atoms with Gasteiger partial charge in [0, 0.05) is 49.1 Å². The van der Waals surface area contributed by atoms with Crippen LogP contribution < -0.4 is 10.9 Å². The highest BCUT2D eigenvalue weighted by Gasteiger charge is 2.32. The molecule has 0 radical (unpaired) electrons. The molecular weight excluding hydrogens is 354 g/mol. The van der Waals surface area contributed by atoms with Gasteiger partial charge in [-0.25, -0.2) is 9.48 Å². The molecule has 1 N–H and O–H groups in total. The second-order valence-electron chi connectivity index (χ2n) is 7.88. The highest BCUT2D eigenvalue weighted by Crippen LogP contribution is 2.21. The fraction of sp³-hybridized carbons (Fsp3) is 0.524. The maximum Gasteiger partial charge on any atom is 0.317 e. The number of amides is 2. The lowest BCUT2D eigenvalue weighted by molar-refractivity contribution is 0.104. The fourth-order valence-corrected chi connectivity index (χ4v) is 4.04. The van der Waals surface area contributed by atoms with E-state index in [9.17, 15) is 9.59 Å². The third kappa shape index (κ3) is 4.40. The molecule has 0 spiro atoms. The normalized spacial score (nSPS) is 18.4. The summed E-state index contributed by atoms with van der Waals surface area (Å²) in [6, 6.07) is 7.39. The van der Waals surface area contributed by atoms with Crippen LogP contribution >= 0.6 is 0 Å². The predicted octanol–water partition coefficient (Wildman–Crippen LogP) is 2.67. The van der Waals surface area contributed by atoms with E-state index < -0.39 is 0 Å². The first kappa shape index (κ1) is 18.7. The first-order valence-corrected chi connectivity index (χ1v) is 10.2. The van der Waals surface area contributed by atoms with Gasteiger partial charge in [-0.05, 0) is 31.0 Å². The van der Waals surface area contributed by atoms with Crippen LogP contribution in [0.25, 0.3) is 11.3 Å². The van der Waals surface area contributed by atoms with Crippen molar-refractivity contribution in [2.45, 2.75) is 51.1 Å². The van der Waals surface area contributed by atoms with Crippen LogP contribution in [0, 0.1) is 5.92 Å². The Hall–Kier alpha value is -2.70. The molecule has 1 saturated heterocycles. The van der Waals surface area contributed by atoms with Gasteiger partial charge >= 0.3 is 6.03 Å². The van der Waals surface area contributed by atoms with E-state index in [0.717, 1.165) is 24.1 Å². The van der Waals surface area contributed by atoms with Crippen molar-refractivity contribution in [3.63, 3.8) is 0 Å². The molecule has 2 fully saturated rings. The predicted molar refractivity (Wildman–Crippen MR) is 107 cm³/mol. The number of nitrogens with one attached hydrogen (secondary N) is 1. The SMILES string of the molecule is O=C(NC1CCCCCC1)N1CC(Cn2nc(-c3ccncc3)ccc2=O)C1. The van der Waals surface area contributed by atoms with Crippen LogP contribution in [0.15, 0.2) is 41.5 Å². The molecule has 1 aliphatic heterocycles. The average Bonchev–Trinajstić information content (AvgIpc) is 2.95. The van der Waals surface area contributed by atoms with Gasteiger partial charge in [-0.15, -0.1) is 0 Å². The van der Waals surface area contributed by atoms with Gasteiger partial charge in [0.1, 0.15) is 0 Å². The fourth-order valence-electron chi connectivity index (χ4n) is 4.04. The Morgan fingerprint density at radius 2 is 1.75 bits per heavy atom. The Bertz CT molecular complexity index is 853. The summed E-state index contributed by atoms with van der Waals surface area (Å²) in [5, 5.41) is 7.68. The van der Waals surface area contributed by atoms with Crippen molar-refractivity contribution in [3.05, 3.63) is 47.0 Å². The summed E-state index contributed by atoms with van der Waals surface area (Å²) in [7, 11) is 0. The van der Waals surface area contributed by atoms with Gasteiger partial charge in [0.05, 0.1) is 12.2 Å². The van der Waals surface area contributed by atoms with Crippen molar-refractivity contribution in [2.75, 3.05) is 13.1 Å². The molecule has 2 aromatic rings. The van der Waals surface area contributed by atoms with Crippen molar-refractivity contribution in [3.8, 4) is 11.3 Å². The van der Waals surface area contributed by atoms with E-state index in [1.807, 2.05) is 17.0 Å². The smallest absolute Gasteiger partial charge is 0.317 e. The molecule has 0 atom stereocenters. The van der Waals surface area contributed by atoms with Gasteiger partial charge in [-0.2, -0.15) is 5.10 Å². The Morgan fingerprint density at radius 3 is 2.46 bits per heavy atom. The first-order chi connectivity index (χ1) is 13.7. The van der Waals surface area contributed by atoms with Crippen LogP contribution in [0.2, 0.25) is 0 Å². The number of hydrogen-bond acceptors (Lipinski definition) is 4. The van der Waals surface area contributed by atoms with E-state index in [0.29, 0.717) is 25.7 Å². The molecular formula is C21H27N5O2. The molecule has 7 nitrogen and oxygen atoms in total. The number of pyridine rings is 1. The third-order valence-corrected chi connectivity index (χ3v) is 5.70. The van der Waals surface area contributed by atoms with Gasteiger partial charge in [-0.3, -0.25) is 9.78 Å². The lowest BCUT2D eigenvalue weighted by atomic mass is 10.0. The molecule has 148 valence electrons. The molecule has 28 heavy (non-hydrogen) atoms. The van der Waals surface area contributed by atoms with Crippen LogP contribution in [-0.4, -0.2) is 44.8 Å². The van der Waals surface area contributed by atoms with Crippen LogP contribution in [-0.2, 0) is 6.54 Å². The maximum absolute atomic E-state index is 12.4. The van der Waals surface area contributed by atoms with E-state index in [1.54, 1.807) is 24.5 Å². The second kappa shape index (κ2) is 8.54. The summed E-state index contributed by atoms with van der Waals surface area (Å²) < 4.78 is 1.51. The number of nitrogens with zero attached hydrogens (tertiary/aromatic N) is 4. The zero-order valence-corrected chi connectivity index (χ0v) is 16.1. The number of carbonyl (C=O) groups is 1. The summed E-state index contributed by atoms with van der Waals surface area (Å²) in [5.74, 6) is 0.262. The van der Waals surface area contributed by atoms with Gasteiger partial charge in [0.15, 0.2) is 0 Å². The van der Waals surface area contributed by atoms with E-state index >= 15 is 0 Å². The molecule has 7 heteroatoms. The third-order valence-electron chi connectivity index (χ3n) is 5.70. The number of aromatic nitrogens is 3. The number of likely N-dealkylation sites (tertiary alicyclic amines) is 1. The topological polar surface area (TPSA) is 80.1 Å². The number of carbonyl (C=O) groups excluding carboxylic acids is 1. The zero-order chi connectivity index (χ0) is 19.3. The molecule has 2 aliphatic rings. The number of hydrogen-bond donors (Lipinski definition) is 1. The molecule has 4 rings (SSSR count). The summed E-state index contributed by atoms with van der Waals surface area (Å²) in [6.45, 7) is 1.88. The van der Waals surface area contributed by atoms with E-state index in [-0.39, 0.29) is 17.5 Å². The van der Waals surface area contributed by atoms with Crippen LogP contribution in [0.3, 0.4) is 0 Å². The Balaban J connectivity index is 1.32. The summed E-state index contributed by atoms with van der Waals surface area (Å²) in [4.78, 5) is 30.5. The maximum atomic E-state index is 12.4. The van der Waals surface area contributed by atoms with Crippen molar-refractivity contribution >= 4 is 6.03 Å². The molecule has 1 aliphatic carbocycles. The lowest BCUT2D eigenvalue weighted by Gasteiger charge is -2.39. The van der Waals surface area contributed by atoms with E-state index in [4.69, 9.17) is 0 Å². The van der Waals surface area contributed by atoms with E-state index in [2.05, 4.69) is 15.4 Å². The van der Waals surface area contributed by atoms with E-state index in [1.165, 1.54) is 30.4 Å². The minimum absolute atomic E-state index is 0.0361. The largest absolute Gasteiger partial charge is 0.335 e. The minimum atomic E-state index is -0.112. The molecule has 0 bridgehead atoms. The highest BCUT2D eigenvalue weighted by atomic mass is 16.2. The molecule has 0 aromatic carbocycles.